The molecule has 0 unspecified atom stereocenters. The van der Waals surface area contributed by atoms with E-state index < -0.39 is 24.3 Å². The van der Waals surface area contributed by atoms with E-state index in [1.54, 1.807) is 0 Å². The van der Waals surface area contributed by atoms with Crippen LogP contribution in [0.5, 0.6) is 5.75 Å². The number of amides is 4. The molecule has 0 saturated carbocycles. The number of ether oxygens (including phenoxy) is 3. The predicted molar refractivity (Wildman–Crippen MR) is 228 cm³/mol. The van der Waals surface area contributed by atoms with E-state index in [1.165, 1.54) is 14.2 Å². The van der Waals surface area contributed by atoms with Crippen molar-refractivity contribution in [3.05, 3.63) is 65.6 Å². The molecule has 0 aliphatic carbocycles. The summed E-state index contributed by atoms with van der Waals surface area (Å²) in [5.74, 6) is 1.32. The van der Waals surface area contributed by atoms with Gasteiger partial charge in [-0.25, -0.2) is 14.6 Å². The summed E-state index contributed by atoms with van der Waals surface area (Å²) >= 11 is 0. The molecule has 4 amide bonds. The van der Waals surface area contributed by atoms with Gasteiger partial charge in [-0.1, -0.05) is 44.9 Å². The fourth-order valence-electron chi connectivity index (χ4n) is 9.70. The van der Waals surface area contributed by atoms with Crippen molar-refractivity contribution in [2.75, 3.05) is 14.2 Å². The highest BCUT2D eigenvalue weighted by Gasteiger charge is 2.42. The van der Waals surface area contributed by atoms with E-state index >= 15 is 0 Å². The Balaban J connectivity index is 1.01. The number of aliphatic imine (C=N–C) groups is 1. The molecule has 6 atom stereocenters. The summed E-state index contributed by atoms with van der Waals surface area (Å²) < 4.78 is 16.1. The number of aromatic nitrogens is 2. The standard InChI is InChI=1S/C46H55N7O7/c1-7-9-35(50-45(56)58-5)43(54)52-25(3)11-17-39(52)37-21-32-31-22-41-33(20-27(31)14-16-34(32)48-37)30-15-13-28(19-29(30)24-60-41)38-23-47-42(49-38)40-18-12-26(4)53(40)44(55)36(10-8-2)51-46(57)59-6/h13-16,19-20,22-23,25-26,35-36,39-40H,7-12,17-18,21,24H2,1-6H3,(H,47,49)(H,50,56)(H,51,57)/t25-,26-,35-,36-,39-,40-/m0/s1. The lowest BCUT2D eigenvalue weighted by molar-refractivity contribution is -0.136. The van der Waals surface area contributed by atoms with Gasteiger partial charge >= 0.3 is 12.2 Å². The van der Waals surface area contributed by atoms with Gasteiger partial charge in [0.15, 0.2) is 0 Å². The van der Waals surface area contributed by atoms with E-state index in [0.29, 0.717) is 25.9 Å². The maximum atomic E-state index is 13.9. The fourth-order valence-corrected chi connectivity index (χ4v) is 9.70. The summed E-state index contributed by atoms with van der Waals surface area (Å²) in [7, 11) is 2.61. The largest absolute Gasteiger partial charge is 0.488 e. The Bertz CT molecular complexity index is 2360. The van der Waals surface area contributed by atoms with E-state index in [2.05, 4.69) is 65.0 Å². The zero-order valence-corrected chi connectivity index (χ0v) is 35.3. The first-order valence-electron chi connectivity index (χ1n) is 21.3. The smallest absolute Gasteiger partial charge is 0.407 e. The van der Waals surface area contributed by atoms with Crippen molar-refractivity contribution in [1.82, 2.24) is 30.4 Å². The number of fused-ring (bicyclic) bond motifs is 6. The number of imidazole rings is 1. The van der Waals surface area contributed by atoms with E-state index in [-0.39, 0.29) is 36.0 Å². The van der Waals surface area contributed by atoms with Crippen molar-refractivity contribution in [2.45, 2.75) is 128 Å². The number of methoxy groups -OCH3 is 2. The first kappa shape index (κ1) is 40.8. The summed E-state index contributed by atoms with van der Waals surface area (Å²) in [6.07, 6.45) is 7.06. The van der Waals surface area contributed by atoms with Crippen molar-refractivity contribution in [3.8, 4) is 28.1 Å². The van der Waals surface area contributed by atoms with Gasteiger partial charge in [0.2, 0.25) is 11.8 Å². The number of likely N-dealkylation sites (tertiary alicyclic amines) is 2. The fraction of sp³-hybridized carbons (Fsp3) is 0.478. The first-order valence-corrected chi connectivity index (χ1v) is 21.3. The zero-order chi connectivity index (χ0) is 42.2. The van der Waals surface area contributed by atoms with Crippen LogP contribution in [-0.4, -0.2) is 93.9 Å². The number of nitrogens with one attached hydrogen (secondary N) is 3. The quantitative estimate of drug-likeness (QED) is 0.137. The van der Waals surface area contributed by atoms with Gasteiger partial charge in [0.25, 0.3) is 0 Å². The molecule has 8 rings (SSSR count). The van der Waals surface area contributed by atoms with Crippen LogP contribution >= 0.6 is 0 Å². The lowest BCUT2D eigenvalue weighted by Crippen LogP contribution is -2.53. The number of nitrogens with zero attached hydrogens (tertiary/aromatic N) is 4. The molecular weight excluding hydrogens is 763 g/mol. The Morgan fingerprint density at radius 2 is 1.48 bits per heavy atom. The molecule has 5 heterocycles. The van der Waals surface area contributed by atoms with Gasteiger partial charge in [-0.3, -0.25) is 14.6 Å². The predicted octanol–water partition coefficient (Wildman–Crippen LogP) is 7.90. The number of H-pyrrole nitrogens is 1. The molecule has 14 heteroatoms. The number of carbonyl (C=O) groups excluding carboxylic acids is 4. The van der Waals surface area contributed by atoms with Gasteiger partial charge < -0.3 is 39.6 Å². The van der Waals surface area contributed by atoms with Crippen LogP contribution in [0.1, 0.15) is 102 Å². The molecule has 4 aliphatic heterocycles. The van der Waals surface area contributed by atoms with Crippen LogP contribution in [0.25, 0.3) is 33.2 Å². The van der Waals surface area contributed by atoms with Crippen LogP contribution in [0.3, 0.4) is 0 Å². The highest BCUT2D eigenvalue weighted by Crippen LogP contribution is 2.45. The maximum Gasteiger partial charge on any atom is 0.407 e. The van der Waals surface area contributed by atoms with Gasteiger partial charge in [0.1, 0.15) is 30.3 Å². The third kappa shape index (κ3) is 7.56. The number of hydrogen-bond acceptors (Lipinski definition) is 9. The Labute approximate surface area is 350 Å². The van der Waals surface area contributed by atoms with Crippen molar-refractivity contribution in [3.63, 3.8) is 0 Å². The van der Waals surface area contributed by atoms with Crippen LogP contribution in [0.4, 0.5) is 15.3 Å². The second-order valence-corrected chi connectivity index (χ2v) is 16.6. The first-order chi connectivity index (χ1) is 29.0. The molecule has 316 valence electrons. The van der Waals surface area contributed by atoms with Crippen LogP contribution in [0, 0.1) is 0 Å². The molecule has 3 aromatic carbocycles. The van der Waals surface area contributed by atoms with Crippen LogP contribution in [-0.2, 0) is 32.1 Å². The molecule has 2 saturated heterocycles. The molecule has 0 bridgehead atoms. The molecule has 2 fully saturated rings. The molecule has 60 heavy (non-hydrogen) atoms. The number of hydrogen-bond donors (Lipinski definition) is 3. The minimum Gasteiger partial charge on any atom is -0.488 e. The van der Waals surface area contributed by atoms with E-state index in [0.717, 1.165) is 106 Å². The number of carbonyl (C=O) groups is 4. The highest BCUT2D eigenvalue weighted by atomic mass is 16.5. The van der Waals surface area contributed by atoms with Crippen molar-refractivity contribution >= 4 is 46.2 Å². The molecular formula is C46H55N7O7. The molecule has 4 aromatic rings. The number of alkyl carbamates (subject to hydrolysis) is 2. The minimum atomic E-state index is -0.668. The van der Waals surface area contributed by atoms with Crippen molar-refractivity contribution < 1.29 is 33.4 Å². The lowest BCUT2D eigenvalue weighted by atomic mass is 9.91. The topological polar surface area (TPSA) is 168 Å². The average molecular weight is 818 g/mol. The van der Waals surface area contributed by atoms with E-state index in [9.17, 15) is 19.2 Å². The van der Waals surface area contributed by atoms with E-state index in [1.807, 2.05) is 36.8 Å². The van der Waals surface area contributed by atoms with Gasteiger partial charge in [0, 0.05) is 29.8 Å². The second-order valence-electron chi connectivity index (χ2n) is 16.6. The summed E-state index contributed by atoms with van der Waals surface area (Å²) in [4.78, 5) is 69.1. The van der Waals surface area contributed by atoms with Gasteiger partial charge in [-0.15, -0.1) is 0 Å². The normalized spacial score (nSPS) is 21.3. The summed E-state index contributed by atoms with van der Waals surface area (Å²) in [6, 6.07) is 13.2. The molecule has 4 aliphatic rings. The number of rotatable bonds is 11. The van der Waals surface area contributed by atoms with Crippen LogP contribution in [0.15, 0.2) is 53.7 Å². The third-order valence-electron chi connectivity index (χ3n) is 12.8. The Morgan fingerprint density at radius 1 is 0.833 bits per heavy atom. The highest BCUT2D eigenvalue weighted by molar-refractivity contribution is 6.06. The number of benzene rings is 3. The summed E-state index contributed by atoms with van der Waals surface area (Å²) in [5.41, 5.74) is 8.04. The van der Waals surface area contributed by atoms with Crippen LogP contribution in [0.2, 0.25) is 0 Å². The second kappa shape index (κ2) is 17.0. The van der Waals surface area contributed by atoms with Crippen molar-refractivity contribution in [2.24, 2.45) is 4.99 Å². The molecule has 0 radical (unpaired) electrons. The summed E-state index contributed by atoms with van der Waals surface area (Å²) in [6.45, 7) is 8.50. The van der Waals surface area contributed by atoms with Gasteiger partial charge in [0.05, 0.1) is 43.9 Å². The monoisotopic (exact) mass is 817 g/mol. The average Bonchev–Trinajstić information content (AvgIpc) is 4.07. The molecule has 3 N–H and O–H groups in total. The van der Waals surface area contributed by atoms with Crippen LogP contribution < -0.4 is 15.4 Å². The molecule has 0 spiro atoms. The third-order valence-corrected chi connectivity index (χ3v) is 12.8. The van der Waals surface area contributed by atoms with Gasteiger partial charge in [-0.2, -0.15) is 0 Å². The zero-order valence-electron chi connectivity index (χ0n) is 35.3. The Morgan fingerprint density at radius 3 is 2.13 bits per heavy atom. The summed E-state index contributed by atoms with van der Waals surface area (Å²) in [5, 5.41) is 7.67. The van der Waals surface area contributed by atoms with Gasteiger partial charge in [-0.05, 0) is 110 Å². The Kier molecular flexibility index (Phi) is 11.6. The van der Waals surface area contributed by atoms with E-state index in [4.69, 9.17) is 24.2 Å². The Hall–Kier alpha value is -5.92. The van der Waals surface area contributed by atoms with Crippen molar-refractivity contribution in [1.29, 1.82) is 0 Å². The lowest BCUT2D eigenvalue weighted by Gasteiger charge is -2.32. The molecule has 14 nitrogen and oxygen atoms in total. The maximum absolute atomic E-state index is 13.9. The SMILES string of the molecule is CCC[C@H](NC(=O)OC)C(=O)N1[C@@H](C)CC[C@H]1C1=Nc2ccc3cc4c(cc3c2C1)OCc1cc(-c2cnc([C@@H]3CC[C@H](C)N3C(=O)[C@H](CCC)NC(=O)OC)[nH]2)ccc1-4. The molecule has 1 aromatic heterocycles. The number of aromatic amines is 1. The minimum absolute atomic E-state index is 0.00119.